The number of hydrogen-bond donors (Lipinski definition) is 1. The van der Waals surface area contributed by atoms with Crippen molar-refractivity contribution in [3.8, 4) is 5.75 Å². The van der Waals surface area contributed by atoms with E-state index in [4.69, 9.17) is 4.74 Å². The number of carbonyl (C=O) groups excluding carboxylic acids is 1. The van der Waals surface area contributed by atoms with Crippen molar-refractivity contribution in [1.82, 2.24) is 10.2 Å². The van der Waals surface area contributed by atoms with Gasteiger partial charge in [0.05, 0.1) is 6.54 Å². The molecule has 0 saturated carbocycles. The largest absolute Gasteiger partial charge is 0.488 e. The second-order valence-electron chi connectivity index (χ2n) is 5.28. The molecule has 4 heteroatoms. The third-order valence-electron chi connectivity index (χ3n) is 3.53. The number of hydrogen-bond acceptors (Lipinski definition) is 3. The van der Waals surface area contributed by atoms with Crippen LogP contribution >= 0.6 is 0 Å². The zero-order chi connectivity index (χ0) is 13.8. The van der Waals surface area contributed by atoms with Gasteiger partial charge in [-0.15, -0.1) is 0 Å². The van der Waals surface area contributed by atoms with E-state index in [9.17, 15) is 4.79 Å². The van der Waals surface area contributed by atoms with E-state index >= 15 is 0 Å². The molecule has 1 amide bonds. The molecule has 0 aromatic heterocycles. The lowest BCUT2D eigenvalue weighted by molar-refractivity contribution is -0.130. The van der Waals surface area contributed by atoms with Crippen LogP contribution < -0.4 is 10.1 Å². The van der Waals surface area contributed by atoms with E-state index in [-0.39, 0.29) is 18.1 Å². The Morgan fingerprint density at radius 1 is 1.47 bits per heavy atom. The maximum atomic E-state index is 11.8. The molecular formula is C15H22N2O2. The van der Waals surface area contributed by atoms with Crippen LogP contribution in [0.4, 0.5) is 0 Å². The van der Waals surface area contributed by atoms with Crippen LogP contribution in [0.5, 0.6) is 5.75 Å². The van der Waals surface area contributed by atoms with Crippen LogP contribution in [0.2, 0.25) is 0 Å². The lowest BCUT2D eigenvalue weighted by Gasteiger charge is -2.22. The van der Waals surface area contributed by atoms with E-state index in [0.717, 1.165) is 12.2 Å². The molecule has 0 bridgehead atoms. The summed E-state index contributed by atoms with van der Waals surface area (Å²) in [6.07, 6.45) is 1.05. The minimum absolute atomic E-state index is 0.116. The molecule has 1 unspecified atom stereocenters. The summed E-state index contributed by atoms with van der Waals surface area (Å²) in [7, 11) is 1.83. The summed E-state index contributed by atoms with van der Waals surface area (Å²) in [5.74, 6) is 1.09. The smallest absolute Gasteiger partial charge is 0.236 e. The Balaban J connectivity index is 1.73. The highest BCUT2D eigenvalue weighted by molar-refractivity contribution is 5.78. The lowest BCUT2D eigenvalue weighted by atomic mass is 10.1. The Morgan fingerprint density at radius 2 is 2.21 bits per heavy atom. The molecule has 1 aliphatic rings. The first-order valence-electron chi connectivity index (χ1n) is 6.79. The topological polar surface area (TPSA) is 41.6 Å². The first-order chi connectivity index (χ1) is 9.08. The summed E-state index contributed by atoms with van der Waals surface area (Å²) in [6, 6.07) is 8.33. The van der Waals surface area contributed by atoms with Crippen molar-refractivity contribution in [2.45, 2.75) is 32.4 Å². The maximum Gasteiger partial charge on any atom is 0.236 e. The van der Waals surface area contributed by atoms with Crippen LogP contribution in [-0.4, -0.2) is 43.1 Å². The predicted octanol–water partition coefficient (Wildman–Crippen LogP) is 1.45. The normalized spacial score (nSPS) is 17.2. The predicted molar refractivity (Wildman–Crippen MR) is 75.3 cm³/mol. The van der Waals surface area contributed by atoms with Gasteiger partial charge in [0.15, 0.2) is 0 Å². The van der Waals surface area contributed by atoms with Gasteiger partial charge in [0.25, 0.3) is 0 Å². The molecule has 0 aliphatic carbocycles. The molecule has 1 atom stereocenters. The molecule has 2 rings (SSSR count). The van der Waals surface area contributed by atoms with Gasteiger partial charge in [-0.2, -0.15) is 0 Å². The van der Waals surface area contributed by atoms with Gasteiger partial charge in [-0.25, -0.2) is 0 Å². The first kappa shape index (κ1) is 13.9. The number of nitrogens with one attached hydrogen (secondary N) is 1. The summed E-state index contributed by atoms with van der Waals surface area (Å²) >= 11 is 0. The van der Waals surface area contributed by atoms with E-state index in [1.54, 1.807) is 4.90 Å². The zero-order valence-electron chi connectivity index (χ0n) is 11.8. The van der Waals surface area contributed by atoms with Gasteiger partial charge in [0.1, 0.15) is 11.9 Å². The number of ether oxygens (including phenoxy) is 1. The van der Waals surface area contributed by atoms with E-state index in [1.165, 1.54) is 5.56 Å². The van der Waals surface area contributed by atoms with E-state index in [2.05, 4.69) is 11.4 Å². The number of rotatable bonds is 5. The summed E-state index contributed by atoms with van der Waals surface area (Å²) < 4.78 is 5.81. The Bertz CT molecular complexity index is 421. The van der Waals surface area contributed by atoms with Crippen molar-refractivity contribution in [3.05, 3.63) is 29.8 Å². The highest BCUT2D eigenvalue weighted by atomic mass is 16.5. The molecule has 0 saturated heterocycles. The molecule has 0 fully saturated rings. The number of benzene rings is 1. The number of fused-ring (bicyclic) bond motifs is 1. The van der Waals surface area contributed by atoms with Crippen molar-refractivity contribution in [3.63, 3.8) is 0 Å². The van der Waals surface area contributed by atoms with Crippen molar-refractivity contribution >= 4 is 5.91 Å². The molecule has 104 valence electrons. The summed E-state index contributed by atoms with van der Waals surface area (Å²) in [6.45, 7) is 5.08. The van der Waals surface area contributed by atoms with Gasteiger partial charge in [-0.1, -0.05) is 18.2 Å². The SMILES string of the molecule is CC(C)N(C)C(=O)CNCC1Cc2ccccc2O1. The Kier molecular flexibility index (Phi) is 4.43. The molecular weight excluding hydrogens is 240 g/mol. The minimum atomic E-state index is 0.116. The minimum Gasteiger partial charge on any atom is -0.488 e. The highest BCUT2D eigenvalue weighted by Crippen LogP contribution is 2.27. The van der Waals surface area contributed by atoms with Gasteiger partial charge >= 0.3 is 0 Å². The van der Waals surface area contributed by atoms with E-state index in [1.807, 2.05) is 39.1 Å². The van der Waals surface area contributed by atoms with Crippen LogP contribution in [0.15, 0.2) is 24.3 Å². The van der Waals surface area contributed by atoms with E-state index < -0.39 is 0 Å². The molecule has 0 radical (unpaired) electrons. The number of carbonyl (C=O) groups is 1. The van der Waals surface area contributed by atoms with Crippen molar-refractivity contribution in [2.75, 3.05) is 20.1 Å². The monoisotopic (exact) mass is 262 g/mol. The average molecular weight is 262 g/mol. The van der Waals surface area contributed by atoms with Crippen LogP contribution in [0.3, 0.4) is 0 Å². The molecule has 1 heterocycles. The van der Waals surface area contributed by atoms with Crippen LogP contribution in [0, 0.1) is 0 Å². The Morgan fingerprint density at radius 3 is 2.89 bits per heavy atom. The molecule has 1 aromatic carbocycles. The molecule has 4 nitrogen and oxygen atoms in total. The fourth-order valence-corrected chi connectivity index (χ4v) is 2.12. The van der Waals surface area contributed by atoms with Crippen molar-refractivity contribution in [2.24, 2.45) is 0 Å². The summed E-state index contributed by atoms with van der Waals surface area (Å²) in [5, 5.41) is 3.18. The molecule has 0 spiro atoms. The molecule has 1 aliphatic heterocycles. The zero-order valence-corrected chi connectivity index (χ0v) is 11.8. The second kappa shape index (κ2) is 6.06. The van der Waals surface area contributed by atoms with Crippen LogP contribution in [0.1, 0.15) is 19.4 Å². The third kappa shape index (κ3) is 3.47. The van der Waals surface area contributed by atoms with Gasteiger partial charge in [-0.3, -0.25) is 4.79 Å². The van der Waals surface area contributed by atoms with Gasteiger partial charge in [0.2, 0.25) is 5.91 Å². The fourth-order valence-electron chi connectivity index (χ4n) is 2.12. The molecule has 1 N–H and O–H groups in total. The Hall–Kier alpha value is -1.55. The van der Waals surface area contributed by atoms with Gasteiger partial charge in [-0.05, 0) is 25.5 Å². The maximum absolute atomic E-state index is 11.8. The Labute approximate surface area is 114 Å². The molecule has 19 heavy (non-hydrogen) atoms. The summed E-state index contributed by atoms with van der Waals surface area (Å²) in [5.41, 5.74) is 1.25. The van der Waals surface area contributed by atoms with E-state index in [0.29, 0.717) is 13.1 Å². The standard InChI is InChI=1S/C15H22N2O2/c1-11(2)17(3)15(18)10-16-9-13-8-12-6-4-5-7-14(12)19-13/h4-7,11,13,16H,8-10H2,1-3H3. The number of likely N-dealkylation sites (N-methyl/N-ethyl adjacent to an activating group) is 1. The third-order valence-corrected chi connectivity index (χ3v) is 3.53. The van der Waals surface area contributed by atoms with Crippen LogP contribution in [0.25, 0.3) is 0 Å². The average Bonchev–Trinajstić information content (AvgIpc) is 2.80. The molecule has 1 aromatic rings. The van der Waals surface area contributed by atoms with Crippen LogP contribution in [-0.2, 0) is 11.2 Å². The summed E-state index contributed by atoms with van der Waals surface area (Å²) in [4.78, 5) is 13.5. The second-order valence-corrected chi connectivity index (χ2v) is 5.28. The lowest BCUT2D eigenvalue weighted by Crippen LogP contribution is -2.41. The first-order valence-corrected chi connectivity index (χ1v) is 6.79. The van der Waals surface area contributed by atoms with Crippen molar-refractivity contribution in [1.29, 1.82) is 0 Å². The van der Waals surface area contributed by atoms with Crippen molar-refractivity contribution < 1.29 is 9.53 Å². The number of para-hydroxylation sites is 1. The number of amides is 1. The highest BCUT2D eigenvalue weighted by Gasteiger charge is 2.22. The van der Waals surface area contributed by atoms with Gasteiger partial charge < -0.3 is 15.0 Å². The van der Waals surface area contributed by atoms with Gasteiger partial charge in [0, 0.05) is 26.1 Å². The quantitative estimate of drug-likeness (QED) is 0.873. The fraction of sp³-hybridized carbons (Fsp3) is 0.533. The number of nitrogens with zero attached hydrogens (tertiary/aromatic N) is 1.